The highest BCUT2D eigenvalue weighted by Crippen LogP contribution is 2.20. The molecule has 0 saturated carbocycles. The molecule has 0 heterocycles. The van der Waals surface area contributed by atoms with Gasteiger partial charge in [0.1, 0.15) is 14.8 Å². The summed E-state index contributed by atoms with van der Waals surface area (Å²) in [5.41, 5.74) is 2.07. The van der Waals surface area contributed by atoms with E-state index in [9.17, 15) is 4.21 Å². The zero-order chi connectivity index (χ0) is 16.0. The number of benzene rings is 2. The summed E-state index contributed by atoms with van der Waals surface area (Å²) in [5.74, 6) is 0. The lowest BCUT2D eigenvalue weighted by atomic mass is 10.2. The Kier molecular flexibility index (Phi) is 5.69. The van der Waals surface area contributed by atoms with Crippen molar-refractivity contribution in [3.05, 3.63) is 65.7 Å². The third-order valence-electron chi connectivity index (χ3n) is 2.75. The van der Waals surface area contributed by atoms with Gasteiger partial charge in [-0.1, -0.05) is 64.9 Å². The van der Waals surface area contributed by atoms with Crippen molar-refractivity contribution >= 4 is 32.0 Å². The second-order valence-corrected chi connectivity index (χ2v) is 8.27. The third kappa shape index (κ3) is 5.58. The molecule has 2 aromatic carbocycles. The molecule has 1 atom stereocenters. The van der Waals surface area contributed by atoms with Crippen LogP contribution in [0.2, 0.25) is 0 Å². The summed E-state index contributed by atoms with van der Waals surface area (Å²) in [5, 5.41) is 6.29. The van der Waals surface area contributed by atoms with Crippen molar-refractivity contribution in [1.82, 2.24) is 0 Å². The first-order chi connectivity index (χ1) is 10.4. The normalized spacial score (nSPS) is 14.2. The summed E-state index contributed by atoms with van der Waals surface area (Å²) in [7, 11) is -2.60. The van der Waals surface area contributed by atoms with E-state index in [0.29, 0.717) is 5.04 Å². The van der Waals surface area contributed by atoms with Crippen LogP contribution in [0.15, 0.2) is 64.6 Å². The molecule has 0 spiro atoms. The monoisotopic (exact) mass is 333 g/mol. The molecule has 0 radical (unpaired) electrons. The number of thioether (sulfide) groups is 1. The summed E-state index contributed by atoms with van der Waals surface area (Å²) < 4.78 is 17.6. The van der Waals surface area contributed by atoms with Crippen LogP contribution in [0.3, 0.4) is 0 Å². The van der Waals surface area contributed by atoms with E-state index in [-0.39, 0.29) is 0 Å². The molecule has 5 heteroatoms. The Bertz CT molecular complexity index is 759. The number of rotatable bonds is 4. The van der Waals surface area contributed by atoms with E-state index in [0.717, 1.165) is 10.5 Å². The first-order valence-corrected chi connectivity index (χ1v) is 9.58. The maximum atomic E-state index is 12.4. The zero-order valence-electron chi connectivity index (χ0n) is 12.9. The van der Waals surface area contributed by atoms with E-state index in [1.54, 1.807) is 5.37 Å². The van der Waals surface area contributed by atoms with Gasteiger partial charge >= 0.3 is 0 Å². The molecule has 0 aromatic heterocycles. The molecule has 0 N–H and O–H groups in total. The van der Waals surface area contributed by atoms with E-state index < -0.39 is 9.80 Å². The van der Waals surface area contributed by atoms with E-state index in [4.69, 9.17) is 4.28 Å². The Balaban J connectivity index is 2.05. The predicted octanol–water partition coefficient (Wildman–Crippen LogP) is 4.12. The lowest BCUT2D eigenvalue weighted by Gasteiger charge is -2.05. The van der Waals surface area contributed by atoms with Gasteiger partial charge in [-0.25, -0.2) is 4.21 Å². The molecule has 0 aliphatic carbocycles. The van der Waals surface area contributed by atoms with Gasteiger partial charge in [-0.05, 0) is 31.5 Å². The number of hydrogen-bond acceptors (Lipinski definition) is 4. The fraction of sp³-hybridized carbons (Fsp3) is 0.176. The Morgan fingerprint density at radius 3 is 2.41 bits per heavy atom. The average Bonchev–Trinajstić information content (AvgIpc) is 2.48. The van der Waals surface area contributed by atoms with Crippen molar-refractivity contribution in [2.24, 2.45) is 5.16 Å². The highest BCUT2D eigenvalue weighted by molar-refractivity contribution is 8.13. The molecule has 2 aromatic rings. The Labute approximate surface area is 136 Å². The van der Waals surface area contributed by atoms with Gasteiger partial charge in [-0.15, -0.1) is 0 Å². The summed E-state index contributed by atoms with van der Waals surface area (Å²) in [6, 6.07) is 17.6. The third-order valence-corrected chi connectivity index (χ3v) is 4.70. The van der Waals surface area contributed by atoms with Crippen molar-refractivity contribution in [3.63, 3.8) is 0 Å². The van der Waals surface area contributed by atoms with Crippen LogP contribution in [0.5, 0.6) is 0 Å². The van der Waals surface area contributed by atoms with Gasteiger partial charge < -0.3 is 4.28 Å². The van der Waals surface area contributed by atoms with Crippen LogP contribution in [0, 0.1) is 6.92 Å². The largest absolute Gasteiger partial charge is 0.303 e. The van der Waals surface area contributed by atoms with Gasteiger partial charge in [0.2, 0.25) is 0 Å². The smallest absolute Gasteiger partial charge is 0.149 e. The van der Waals surface area contributed by atoms with Gasteiger partial charge in [-0.2, -0.15) is 0 Å². The van der Waals surface area contributed by atoms with Crippen LogP contribution >= 0.6 is 11.8 Å². The predicted molar refractivity (Wildman–Crippen MR) is 96.9 cm³/mol. The van der Waals surface area contributed by atoms with Gasteiger partial charge in [0.15, 0.2) is 0 Å². The lowest BCUT2D eigenvalue weighted by Crippen LogP contribution is -2.04. The van der Waals surface area contributed by atoms with Crippen LogP contribution in [0.4, 0.5) is 0 Å². The Morgan fingerprint density at radius 1 is 1.14 bits per heavy atom. The molecule has 116 valence electrons. The van der Waals surface area contributed by atoms with E-state index >= 15 is 0 Å². The molecule has 0 amide bonds. The molecule has 3 nitrogen and oxygen atoms in total. The highest BCUT2D eigenvalue weighted by atomic mass is 32.2. The quantitative estimate of drug-likeness (QED) is 0.278. The molecule has 2 rings (SSSR count). The first-order valence-electron chi connectivity index (χ1n) is 6.81. The highest BCUT2D eigenvalue weighted by Gasteiger charge is 2.02. The Hall–Kier alpha value is -1.72. The molecule has 1 unspecified atom stereocenters. The minimum atomic E-state index is -2.60. The van der Waals surface area contributed by atoms with Crippen molar-refractivity contribution in [1.29, 1.82) is 0 Å². The minimum absolute atomic E-state index is 0.708. The summed E-state index contributed by atoms with van der Waals surface area (Å²) in [6.45, 7) is 3.88. The topological polar surface area (TPSA) is 38.7 Å². The second kappa shape index (κ2) is 7.51. The minimum Gasteiger partial charge on any atom is -0.303 e. The SMILES string of the molecule is CC(=NOS(C)(=O)=Cc1ccccc1)Sc1ccc(C)cc1. The van der Waals surface area contributed by atoms with Crippen molar-refractivity contribution in [2.75, 3.05) is 6.26 Å². The molecule has 0 aliphatic heterocycles. The number of nitrogens with zero attached hydrogens (tertiary/aromatic N) is 1. The fourth-order valence-corrected chi connectivity index (χ4v) is 3.41. The van der Waals surface area contributed by atoms with Gasteiger partial charge in [0.05, 0.1) is 0 Å². The molecular weight excluding hydrogens is 314 g/mol. The van der Waals surface area contributed by atoms with Crippen LogP contribution in [0.25, 0.3) is 0 Å². The maximum Gasteiger partial charge on any atom is 0.149 e. The molecule has 0 fully saturated rings. The van der Waals surface area contributed by atoms with E-state index in [1.807, 2.05) is 68.4 Å². The van der Waals surface area contributed by atoms with Crippen molar-refractivity contribution < 1.29 is 8.49 Å². The number of aryl methyl sites for hydroxylation is 1. The second-order valence-electron chi connectivity index (χ2n) is 4.96. The molecule has 0 aliphatic rings. The summed E-state index contributed by atoms with van der Waals surface area (Å²) in [4.78, 5) is 1.07. The van der Waals surface area contributed by atoms with E-state index in [1.165, 1.54) is 23.6 Å². The van der Waals surface area contributed by atoms with Crippen LogP contribution < -0.4 is 0 Å². The van der Waals surface area contributed by atoms with Gasteiger partial charge in [-0.3, -0.25) is 0 Å². The first kappa shape index (κ1) is 16.6. The van der Waals surface area contributed by atoms with Crippen molar-refractivity contribution in [2.45, 2.75) is 18.7 Å². The summed E-state index contributed by atoms with van der Waals surface area (Å²) >= 11 is 1.48. The van der Waals surface area contributed by atoms with E-state index in [2.05, 4.69) is 5.16 Å². The standard InChI is InChI=1S/C17H19NO2S2/c1-14-9-11-17(12-10-14)21-15(2)18-20-22(3,19)13-16-7-5-4-6-8-16/h4-13H,1-3H3. The van der Waals surface area contributed by atoms with Crippen LogP contribution in [-0.4, -0.2) is 20.9 Å². The number of oxime groups is 1. The lowest BCUT2D eigenvalue weighted by molar-refractivity contribution is 0.375. The van der Waals surface area contributed by atoms with Crippen molar-refractivity contribution in [3.8, 4) is 0 Å². The van der Waals surface area contributed by atoms with Crippen LogP contribution in [-0.2, 0) is 14.1 Å². The maximum absolute atomic E-state index is 12.4. The molecular formula is C17H19NO2S2. The van der Waals surface area contributed by atoms with Gasteiger partial charge in [0.25, 0.3) is 0 Å². The number of hydrogen-bond donors (Lipinski definition) is 0. The Morgan fingerprint density at radius 2 is 1.77 bits per heavy atom. The fourth-order valence-electron chi connectivity index (χ4n) is 1.72. The van der Waals surface area contributed by atoms with Gasteiger partial charge in [0, 0.05) is 16.5 Å². The molecule has 22 heavy (non-hydrogen) atoms. The van der Waals surface area contributed by atoms with Crippen LogP contribution in [0.1, 0.15) is 18.1 Å². The summed E-state index contributed by atoms with van der Waals surface area (Å²) in [6.07, 6.45) is 1.54. The zero-order valence-corrected chi connectivity index (χ0v) is 14.5. The average molecular weight is 333 g/mol. The molecule has 0 bridgehead atoms. The molecule has 0 saturated heterocycles.